The Hall–Kier alpha value is -0.160. The van der Waals surface area contributed by atoms with Crippen LogP contribution in [0.2, 0.25) is 0 Å². The maximum atomic E-state index is 5.81. The Morgan fingerprint density at radius 2 is 2.16 bits per heavy atom. The van der Waals surface area contributed by atoms with Crippen LogP contribution in [0.4, 0.5) is 0 Å². The predicted molar refractivity (Wildman–Crippen MR) is 79.5 cm³/mol. The first-order valence-corrected chi connectivity index (χ1v) is 7.95. The van der Waals surface area contributed by atoms with Gasteiger partial charge in [0.2, 0.25) is 0 Å². The fourth-order valence-corrected chi connectivity index (χ4v) is 3.26. The molecular formula is C15H31N3O. The fraction of sp³-hybridized carbons (Fsp3) is 1.00. The molecule has 2 aliphatic heterocycles. The lowest BCUT2D eigenvalue weighted by atomic mass is 9.91. The average Bonchev–Trinajstić information content (AvgIpc) is 2.45. The van der Waals surface area contributed by atoms with Crippen LogP contribution in [-0.2, 0) is 4.74 Å². The molecule has 0 aromatic carbocycles. The van der Waals surface area contributed by atoms with Gasteiger partial charge >= 0.3 is 0 Å². The molecule has 4 heteroatoms. The number of morpholine rings is 1. The smallest absolute Gasteiger partial charge is 0.0826 e. The predicted octanol–water partition coefficient (Wildman–Crippen LogP) is 1.03. The quantitative estimate of drug-likeness (QED) is 0.807. The summed E-state index contributed by atoms with van der Waals surface area (Å²) in [4.78, 5) is 4.94. The number of rotatable bonds is 5. The van der Waals surface area contributed by atoms with E-state index in [0.29, 0.717) is 12.1 Å². The Morgan fingerprint density at radius 3 is 2.89 bits per heavy atom. The molecule has 19 heavy (non-hydrogen) atoms. The third-order valence-corrected chi connectivity index (χ3v) is 4.71. The van der Waals surface area contributed by atoms with Crippen LogP contribution >= 0.6 is 0 Å². The van der Waals surface area contributed by atoms with Crippen molar-refractivity contribution in [2.75, 3.05) is 52.9 Å². The molecule has 0 aliphatic carbocycles. The van der Waals surface area contributed by atoms with E-state index in [0.717, 1.165) is 32.2 Å². The second-order valence-electron chi connectivity index (χ2n) is 6.25. The molecule has 0 saturated carbocycles. The molecule has 112 valence electrons. The van der Waals surface area contributed by atoms with E-state index in [1.54, 1.807) is 0 Å². The van der Waals surface area contributed by atoms with Crippen LogP contribution in [0.1, 0.15) is 26.7 Å². The Bertz CT molecular complexity index is 262. The molecule has 2 heterocycles. The van der Waals surface area contributed by atoms with Crippen LogP contribution in [0.15, 0.2) is 0 Å². The van der Waals surface area contributed by atoms with Crippen LogP contribution in [-0.4, -0.2) is 74.9 Å². The molecule has 4 nitrogen and oxygen atoms in total. The molecule has 3 atom stereocenters. The lowest BCUT2D eigenvalue weighted by Gasteiger charge is -2.37. The summed E-state index contributed by atoms with van der Waals surface area (Å²) < 4.78 is 5.81. The molecule has 0 aromatic heterocycles. The van der Waals surface area contributed by atoms with Crippen molar-refractivity contribution in [3.05, 3.63) is 0 Å². The first kappa shape index (κ1) is 15.2. The van der Waals surface area contributed by atoms with Gasteiger partial charge in [-0.05, 0) is 45.8 Å². The third kappa shape index (κ3) is 4.71. The SMILES string of the molecule is CCN1CCCC(C(C)NCC2CN(C)CCO2)C1. The highest BCUT2D eigenvalue weighted by Crippen LogP contribution is 2.19. The monoisotopic (exact) mass is 269 g/mol. The van der Waals surface area contributed by atoms with Crippen LogP contribution in [0.5, 0.6) is 0 Å². The standard InChI is InChI=1S/C15H31N3O/c1-4-18-7-5-6-14(11-18)13(2)16-10-15-12-17(3)8-9-19-15/h13-16H,4-12H2,1-3H3. The van der Waals surface area contributed by atoms with Gasteiger partial charge in [0, 0.05) is 32.2 Å². The number of hydrogen-bond acceptors (Lipinski definition) is 4. The van der Waals surface area contributed by atoms with Gasteiger partial charge in [0.25, 0.3) is 0 Å². The van der Waals surface area contributed by atoms with Crippen molar-refractivity contribution in [2.45, 2.75) is 38.8 Å². The second kappa shape index (κ2) is 7.58. The molecule has 0 aromatic rings. The van der Waals surface area contributed by atoms with Crippen molar-refractivity contribution in [3.63, 3.8) is 0 Å². The van der Waals surface area contributed by atoms with E-state index in [4.69, 9.17) is 4.74 Å². The topological polar surface area (TPSA) is 27.7 Å². The molecule has 3 unspecified atom stereocenters. The van der Waals surface area contributed by atoms with Gasteiger partial charge in [-0.1, -0.05) is 6.92 Å². The van der Waals surface area contributed by atoms with Crippen LogP contribution in [0.3, 0.4) is 0 Å². The van der Waals surface area contributed by atoms with Crippen LogP contribution in [0, 0.1) is 5.92 Å². The maximum Gasteiger partial charge on any atom is 0.0826 e. The van der Waals surface area contributed by atoms with Crippen molar-refractivity contribution >= 4 is 0 Å². The minimum absolute atomic E-state index is 0.368. The molecule has 0 bridgehead atoms. The van der Waals surface area contributed by atoms with E-state index in [1.807, 2.05) is 0 Å². The number of ether oxygens (including phenoxy) is 1. The van der Waals surface area contributed by atoms with E-state index < -0.39 is 0 Å². The molecule has 2 fully saturated rings. The molecular weight excluding hydrogens is 238 g/mol. The normalized spacial score (nSPS) is 32.4. The Morgan fingerprint density at radius 1 is 1.32 bits per heavy atom. The van der Waals surface area contributed by atoms with Gasteiger partial charge < -0.3 is 19.9 Å². The van der Waals surface area contributed by atoms with Crippen LogP contribution in [0.25, 0.3) is 0 Å². The summed E-state index contributed by atoms with van der Waals surface area (Å²) >= 11 is 0. The molecule has 0 spiro atoms. The summed E-state index contributed by atoms with van der Waals surface area (Å²) in [5, 5.41) is 3.71. The lowest BCUT2D eigenvalue weighted by Crippen LogP contribution is -2.49. The molecule has 2 rings (SSSR count). The molecule has 0 amide bonds. The zero-order valence-corrected chi connectivity index (χ0v) is 12.9. The van der Waals surface area contributed by atoms with Gasteiger partial charge in [0.1, 0.15) is 0 Å². The first-order valence-electron chi connectivity index (χ1n) is 7.95. The first-order chi connectivity index (χ1) is 9.19. The summed E-state index contributed by atoms with van der Waals surface area (Å²) in [6, 6.07) is 0.602. The van der Waals surface area contributed by atoms with E-state index >= 15 is 0 Å². The molecule has 1 N–H and O–H groups in total. The molecule has 2 saturated heterocycles. The number of nitrogens with one attached hydrogen (secondary N) is 1. The summed E-state index contributed by atoms with van der Waals surface area (Å²) in [7, 11) is 2.18. The van der Waals surface area contributed by atoms with Gasteiger partial charge in [0.15, 0.2) is 0 Å². The molecule has 0 radical (unpaired) electrons. The zero-order chi connectivity index (χ0) is 13.7. The van der Waals surface area contributed by atoms with E-state index in [2.05, 4.69) is 36.0 Å². The van der Waals surface area contributed by atoms with E-state index in [9.17, 15) is 0 Å². The Labute approximate surface area is 118 Å². The zero-order valence-electron chi connectivity index (χ0n) is 12.9. The highest BCUT2D eigenvalue weighted by Gasteiger charge is 2.25. The number of likely N-dealkylation sites (tertiary alicyclic amines) is 1. The lowest BCUT2D eigenvalue weighted by molar-refractivity contribution is -0.0204. The Kier molecular flexibility index (Phi) is 6.07. The van der Waals surface area contributed by atoms with E-state index in [-0.39, 0.29) is 0 Å². The summed E-state index contributed by atoms with van der Waals surface area (Å²) in [6.45, 7) is 12.4. The maximum absolute atomic E-state index is 5.81. The van der Waals surface area contributed by atoms with Gasteiger partial charge in [0.05, 0.1) is 12.7 Å². The van der Waals surface area contributed by atoms with Crippen molar-refractivity contribution in [3.8, 4) is 0 Å². The second-order valence-corrected chi connectivity index (χ2v) is 6.25. The van der Waals surface area contributed by atoms with Crippen LogP contribution < -0.4 is 5.32 Å². The third-order valence-electron chi connectivity index (χ3n) is 4.71. The van der Waals surface area contributed by atoms with Crippen molar-refractivity contribution in [2.24, 2.45) is 5.92 Å². The summed E-state index contributed by atoms with van der Waals surface area (Å²) in [5.41, 5.74) is 0. The van der Waals surface area contributed by atoms with E-state index in [1.165, 1.54) is 32.5 Å². The fourth-order valence-electron chi connectivity index (χ4n) is 3.26. The summed E-state index contributed by atoms with van der Waals surface area (Å²) in [5.74, 6) is 0.801. The highest BCUT2D eigenvalue weighted by molar-refractivity contribution is 4.81. The minimum atomic E-state index is 0.368. The number of nitrogens with zero attached hydrogens (tertiary/aromatic N) is 2. The Balaban J connectivity index is 1.69. The number of likely N-dealkylation sites (N-methyl/N-ethyl adjacent to an activating group) is 1. The molecule has 2 aliphatic rings. The summed E-state index contributed by atoms with van der Waals surface area (Å²) in [6.07, 6.45) is 3.09. The van der Waals surface area contributed by atoms with Gasteiger partial charge in [-0.3, -0.25) is 0 Å². The van der Waals surface area contributed by atoms with Gasteiger partial charge in [-0.25, -0.2) is 0 Å². The number of piperidine rings is 1. The van der Waals surface area contributed by atoms with Crippen molar-refractivity contribution in [1.29, 1.82) is 0 Å². The number of hydrogen-bond donors (Lipinski definition) is 1. The van der Waals surface area contributed by atoms with Gasteiger partial charge in [-0.15, -0.1) is 0 Å². The van der Waals surface area contributed by atoms with Gasteiger partial charge in [-0.2, -0.15) is 0 Å². The highest BCUT2D eigenvalue weighted by atomic mass is 16.5. The minimum Gasteiger partial charge on any atom is -0.374 e. The largest absolute Gasteiger partial charge is 0.374 e. The average molecular weight is 269 g/mol. The van der Waals surface area contributed by atoms with Crippen molar-refractivity contribution < 1.29 is 4.74 Å². The van der Waals surface area contributed by atoms with Crippen molar-refractivity contribution in [1.82, 2.24) is 15.1 Å².